The van der Waals surface area contributed by atoms with E-state index in [2.05, 4.69) is 6.08 Å². The fourth-order valence-electron chi connectivity index (χ4n) is 2.98. The monoisotopic (exact) mass is 379 g/mol. The van der Waals surface area contributed by atoms with Crippen LogP contribution in [0.15, 0.2) is 71.2 Å². The van der Waals surface area contributed by atoms with Gasteiger partial charge in [0.25, 0.3) is 5.91 Å². The largest absolute Gasteiger partial charge is 0.485 e. The van der Waals surface area contributed by atoms with E-state index in [-0.39, 0.29) is 12.0 Å². The molecule has 4 rings (SSSR count). The molecule has 1 atom stereocenters. The summed E-state index contributed by atoms with van der Waals surface area (Å²) in [5.41, 5.74) is 3.06. The van der Waals surface area contributed by atoms with Crippen LogP contribution in [0.1, 0.15) is 18.1 Å². The average Bonchev–Trinajstić information content (AvgIpc) is 2.91. The Morgan fingerprint density at radius 3 is 2.69 bits per heavy atom. The summed E-state index contributed by atoms with van der Waals surface area (Å²) in [5, 5.41) is 0. The van der Waals surface area contributed by atoms with Crippen molar-refractivity contribution in [3.8, 4) is 5.75 Å². The van der Waals surface area contributed by atoms with Crippen molar-refractivity contribution < 1.29 is 9.53 Å². The van der Waals surface area contributed by atoms with Crippen molar-refractivity contribution in [1.82, 2.24) is 4.90 Å². The predicted octanol–water partition coefficient (Wildman–Crippen LogP) is 4.80. The van der Waals surface area contributed by atoms with Gasteiger partial charge in [-0.05, 0) is 36.3 Å². The third-order valence-electron chi connectivity index (χ3n) is 4.37. The van der Waals surface area contributed by atoms with Gasteiger partial charge in [-0.3, -0.25) is 9.69 Å². The molecule has 2 aromatic carbocycles. The molecule has 2 aromatic rings. The van der Waals surface area contributed by atoms with Crippen molar-refractivity contribution in [2.24, 2.45) is 0 Å². The molecule has 0 N–H and O–H groups in total. The number of hydrogen-bond acceptors (Lipinski definition) is 4. The number of amides is 1. The Kier molecular flexibility index (Phi) is 4.66. The number of para-hydroxylation sites is 1. The van der Waals surface area contributed by atoms with Gasteiger partial charge in [-0.1, -0.05) is 72.5 Å². The van der Waals surface area contributed by atoms with Crippen LogP contribution >= 0.6 is 24.0 Å². The lowest BCUT2D eigenvalue weighted by Gasteiger charge is -2.23. The first-order valence-electron chi connectivity index (χ1n) is 8.38. The highest BCUT2D eigenvalue weighted by atomic mass is 32.2. The molecule has 3 nitrogen and oxygen atoms in total. The van der Waals surface area contributed by atoms with Crippen molar-refractivity contribution >= 4 is 40.3 Å². The number of thioether (sulfide) groups is 1. The first-order chi connectivity index (χ1) is 12.6. The number of benzene rings is 2. The smallest absolute Gasteiger partial charge is 0.266 e. The summed E-state index contributed by atoms with van der Waals surface area (Å²) in [4.78, 5) is 15.1. The molecule has 0 bridgehead atoms. The van der Waals surface area contributed by atoms with Gasteiger partial charge in [-0.2, -0.15) is 0 Å². The highest BCUT2D eigenvalue weighted by Gasteiger charge is 2.32. The standard InChI is InChI=1S/C21H17NO2S2/c1-14-17(11-16-9-5-6-10-18(16)24-14)12-19-20(23)22(21(25)26-19)13-15-7-3-2-4-8-15/h2-12,14H,13H2,1H3/b19-12-. The maximum absolute atomic E-state index is 12.8. The maximum Gasteiger partial charge on any atom is 0.266 e. The van der Waals surface area contributed by atoms with Gasteiger partial charge in [0.05, 0.1) is 11.4 Å². The summed E-state index contributed by atoms with van der Waals surface area (Å²) >= 11 is 6.78. The van der Waals surface area contributed by atoms with Crippen LogP contribution < -0.4 is 4.74 Å². The zero-order valence-corrected chi connectivity index (χ0v) is 15.8. The summed E-state index contributed by atoms with van der Waals surface area (Å²) in [7, 11) is 0. The molecule has 130 valence electrons. The van der Waals surface area contributed by atoms with Crippen molar-refractivity contribution in [2.75, 3.05) is 0 Å². The maximum atomic E-state index is 12.8. The third kappa shape index (κ3) is 3.32. The van der Waals surface area contributed by atoms with Crippen LogP contribution in [0.5, 0.6) is 5.75 Å². The van der Waals surface area contributed by atoms with Crippen molar-refractivity contribution in [2.45, 2.75) is 19.6 Å². The number of thiocarbonyl (C=S) groups is 1. The highest BCUT2D eigenvalue weighted by Crippen LogP contribution is 2.36. The Hall–Kier alpha value is -2.37. The molecule has 1 saturated heterocycles. The van der Waals surface area contributed by atoms with E-state index < -0.39 is 0 Å². The zero-order valence-electron chi connectivity index (χ0n) is 14.2. The first-order valence-corrected chi connectivity index (χ1v) is 9.61. The highest BCUT2D eigenvalue weighted by molar-refractivity contribution is 8.26. The molecule has 2 aliphatic heterocycles. The van der Waals surface area contributed by atoms with E-state index >= 15 is 0 Å². The summed E-state index contributed by atoms with van der Waals surface area (Å²) in [6.45, 7) is 2.49. The summed E-state index contributed by atoms with van der Waals surface area (Å²) in [5.74, 6) is 0.824. The van der Waals surface area contributed by atoms with Gasteiger partial charge in [-0.15, -0.1) is 0 Å². The average molecular weight is 380 g/mol. The Morgan fingerprint density at radius 2 is 1.88 bits per heavy atom. The topological polar surface area (TPSA) is 29.5 Å². The zero-order chi connectivity index (χ0) is 18.1. The minimum absolute atomic E-state index is 0.0455. The molecule has 26 heavy (non-hydrogen) atoms. The Morgan fingerprint density at radius 1 is 1.15 bits per heavy atom. The summed E-state index contributed by atoms with van der Waals surface area (Å²) in [6, 6.07) is 17.8. The van der Waals surface area contributed by atoms with Crippen LogP contribution in [-0.2, 0) is 11.3 Å². The van der Waals surface area contributed by atoms with Crippen molar-refractivity contribution in [3.05, 3.63) is 82.3 Å². The quantitative estimate of drug-likeness (QED) is 0.566. The van der Waals surface area contributed by atoms with Gasteiger partial charge in [-0.25, -0.2) is 0 Å². The lowest BCUT2D eigenvalue weighted by atomic mass is 10.0. The molecule has 2 heterocycles. The molecule has 5 heteroatoms. The lowest BCUT2D eigenvalue weighted by molar-refractivity contribution is -0.122. The van der Waals surface area contributed by atoms with E-state index in [9.17, 15) is 4.79 Å². The fraction of sp³-hybridized carbons (Fsp3) is 0.143. The molecule has 2 aliphatic rings. The lowest BCUT2D eigenvalue weighted by Crippen LogP contribution is -2.27. The number of carbonyl (C=O) groups is 1. The van der Waals surface area contributed by atoms with Gasteiger partial charge in [0.2, 0.25) is 0 Å². The van der Waals surface area contributed by atoms with Gasteiger partial charge in [0.15, 0.2) is 0 Å². The number of carbonyl (C=O) groups excluding carboxylic acids is 1. The van der Waals surface area contributed by atoms with E-state index in [1.807, 2.05) is 67.6 Å². The van der Waals surface area contributed by atoms with E-state index in [4.69, 9.17) is 17.0 Å². The molecule has 0 aliphatic carbocycles. The number of nitrogens with zero attached hydrogens (tertiary/aromatic N) is 1. The number of fused-ring (bicyclic) bond motifs is 1. The Balaban J connectivity index is 1.59. The molecule has 0 saturated carbocycles. The molecular weight excluding hydrogens is 362 g/mol. The number of rotatable bonds is 3. The number of hydrogen-bond donors (Lipinski definition) is 0. The molecule has 1 fully saturated rings. The van der Waals surface area contributed by atoms with Crippen LogP contribution in [-0.4, -0.2) is 21.2 Å². The van der Waals surface area contributed by atoms with E-state index in [0.717, 1.165) is 22.4 Å². The van der Waals surface area contributed by atoms with Gasteiger partial charge < -0.3 is 4.74 Å². The SMILES string of the molecule is CC1Oc2ccccc2C=C1/C=C1\SC(=S)N(Cc2ccccc2)C1=O. The minimum atomic E-state index is -0.109. The number of ether oxygens (including phenoxy) is 1. The molecule has 1 amide bonds. The molecule has 0 spiro atoms. The van der Waals surface area contributed by atoms with E-state index in [0.29, 0.717) is 15.8 Å². The van der Waals surface area contributed by atoms with Crippen LogP contribution in [0.25, 0.3) is 6.08 Å². The Bertz CT molecular complexity index is 934. The van der Waals surface area contributed by atoms with Gasteiger partial charge in [0.1, 0.15) is 16.2 Å². The summed E-state index contributed by atoms with van der Waals surface area (Å²) < 4.78 is 6.55. The molecule has 1 unspecified atom stereocenters. The second-order valence-corrected chi connectivity index (χ2v) is 7.87. The first kappa shape index (κ1) is 17.1. The van der Waals surface area contributed by atoms with Gasteiger partial charge >= 0.3 is 0 Å². The van der Waals surface area contributed by atoms with E-state index in [1.165, 1.54) is 11.8 Å². The molecular formula is C21H17NO2S2. The molecule has 0 aromatic heterocycles. The minimum Gasteiger partial charge on any atom is -0.485 e. The van der Waals surface area contributed by atoms with Gasteiger partial charge in [0, 0.05) is 5.56 Å². The van der Waals surface area contributed by atoms with Crippen molar-refractivity contribution in [3.63, 3.8) is 0 Å². The van der Waals surface area contributed by atoms with Crippen molar-refractivity contribution in [1.29, 1.82) is 0 Å². The predicted molar refractivity (Wildman–Crippen MR) is 110 cm³/mol. The second-order valence-electron chi connectivity index (χ2n) is 6.20. The fourth-order valence-corrected chi connectivity index (χ4v) is 4.23. The summed E-state index contributed by atoms with van der Waals surface area (Å²) in [6.07, 6.45) is 3.88. The van der Waals surface area contributed by atoms with Crippen LogP contribution in [0.4, 0.5) is 0 Å². The second kappa shape index (κ2) is 7.09. The Labute approximate surface area is 162 Å². The van der Waals surface area contributed by atoms with Crippen LogP contribution in [0, 0.1) is 0 Å². The van der Waals surface area contributed by atoms with Crippen LogP contribution in [0.3, 0.4) is 0 Å². The molecule has 0 radical (unpaired) electrons. The van der Waals surface area contributed by atoms with Crippen LogP contribution in [0.2, 0.25) is 0 Å². The normalized spacial score (nSPS) is 20.8. The third-order valence-corrected chi connectivity index (χ3v) is 5.75. The van der Waals surface area contributed by atoms with E-state index in [1.54, 1.807) is 4.90 Å².